The van der Waals surface area contributed by atoms with Crippen molar-refractivity contribution in [1.29, 1.82) is 0 Å². The minimum absolute atomic E-state index is 0.105. The third-order valence-corrected chi connectivity index (χ3v) is 9.82. The topological polar surface area (TPSA) is 59.9 Å². The molecule has 2 heterocycles. The second-order valence-electron chi connectivity index (χ2n) is 8.04. The van der Waals surface area contributed by atoms with Crippen LogP contribution in [-0.4, -0.2) is 18.4 Å². The number of hydrogen-bond acceptors (Lipinski definition) is 5. The number of benzene rings is 2. The van der Waals surface area contributed by atoms with Gasteiger partial charge in [0.15, 0.2) is 9.84 Å². The van der Waals surface area contributed by atoms with Gasteiger partial charge in [0.1, 0.15) is 0 Å². The van der Waals surface area contributed by atoms with Crippen LogP contribution >= 0.6 is 43.6 Å². The van der Waals surface area contributed by atoms with E-state index in [0.717, 1.165) is 40.8 Å². The number of rotatable bonds is 6. The summed E-state index contributed by atoms with van der Waals surface area (Å²) in [4.78, 5) is 8.30. The lowest BCUT2D eigenvalue weighted by Gasteiger charge is -2.11. The Bertz CT molecular complexity index is 1540. The Morgan fingerprint density at radius 2 is 1.15 bits per heavy atom. The van der Waals surface area contributed by atoms with E-state index in [1.165, 1.54) is 42.4 Å². The Balaban J connectivity index is 0.000000222. The molecule has 14 heteroatoms. The van der Waals surface area contributed by atoms with Crippen molar-refractivity contribution in [2.45, 2.75) is 33.6 Å². The molecule has 0 N–H and O–H groups in total. The summed E-state index contributed by atoms with van der Waals surface area (Å²) in [5.74, 6) is 0.381. The molecular formula is C26H18Br2F6N2O2S2. The van der Waals surface area contributed by atoms with Gasteiger partial charge >= 0.3 is 12.4 Å². The van der Waals surface area contributed by atoms with Gasteiger partial charge < -0.3 is 0 Å². The van der Waals surface area contributed by atoms with Crippen LogP contribution in [0.2, 0.25) is 0 Å². The van der Waals surface area contributed by atoms with Crippen LogP contribution in [0.1, 0.15) is 22.3 Å². The van der Waals surface area contributed by atoms with Crippen LogP contribution in [0, 0.1) is 0 Å². The van der Waals surface area contributed by atoms with Gasteiger partial charge in [0.05, 0.1) is 21.8 Å². The van der Waals surface area contributed by atoms with E-state index in [9.17, 15) is 34.8 Å². The largest absolute Gasteiger partial charge is 0.416 e. The second-order valence-corrected chi connectivity index (χ2v) is 12.7. The maximum Gasteiger partial charge on any atom is 0.416 e. The molecule has 2 aromatic carbocycles. The van der Waals surface area contributed by atoms with Crippen LogP contribution in [0.25, 0.3) is 0 Å². The van der Waals surface area contributed by atoms with Crippen molar-refractivity contribution in [2.24, 2.45) is 0 Å². The van der Waals surface area contributed by atoms with Gasteiger partial charge in [0.2, 0.25) is 0 Å². The maximum absolute atomic E-state index is 12.6. The monoisotopic (exact) mass is 726 g/mol. The predicted molar refractivity (Wildman–Crippen MR) is 147 cm³/mol. The third-order valence-electron chi connectivity index (χ3n) is 5.10. The molecule has 40 heavy (non-hydrogen) atoms. The molecule has 2 aromatic heterocycles. The van der Waals surface area contributed by atoms with Crippen molar-refractivity contribution in [3.05, 3.63) is 117 Å². The zero-order chi connectivity index (χ0) is 29.6. The number of aromatic nitrogens is 2. The van der Waals surface area contributed by atoms with E-state index in [0.29, 0.717) is 15.8 Å². The van der Waals surface area contributed by atoms with Crippen LogP contribution in [0.3, 0.4) is 0 Å². The second kappa shape index (κ2) is 13.5. The summed E-state index contributed by atoms with van der Waals surface area (Å²) < 4.78 is 100. The first-order chi connectivity index (χ1) is 18.7. The summed E-state index contributed by atoms with van der Waals surface area (Å²) in [7, 11) is -3.75. The summed E-state index contributed by atoms with van der Waals surface area (Å²) in [5, 5.41) is 0. The number of pyridine rings is 2. The molecule has 4 rings (SSSR count). The average Bonchev–Trinajstić information content (AvgIpc) is 2.88. The van der Waals surface area contributed by atoms with Crippen LogP contribution in [0.4, 0.5) is 26.3 Å². The van der Waals surface area contributed by atoms with E-state index in [1.54, 1.807) is 12.4 Å². The van der Waals surface area contributed by atoms with Crippen LogP contribution in [-0.2, 0) is 33.7 Å². The maximum atomic E-state index is 12.6. The molecule has 4 nitrogen and oxygen atoms in total. The normalized spacial score (nSPS) is 12.0. The van der Waals surface area contributed by atoms with Crippen LogP contribution in [0.15, 0.2) is 104 Å². The van der Waals surface area contributed by atoms with E-state index in [4.69, 9.17) is 0 Å². The first kappa shape index (κ1) is 32.1. The number of halogens is 8. The van der Waals surface area contributed by atoms with Crippen LogP contribution < -0.4 is 0 Å². The van der Waals surface area contributed by atoms with Crippen LogP contribution in [0.5, 0.6) is 0 Å². The summed E-state index contributed by atoms with van der Waals surface area (Å²) in [6.07, 6.45) is -2.54. The minimum Gasteiger partial charge on any atom is -0.265 e. The van der Waals surface area contributed by atoms with Crippen molar-refractivity contribution in [3.63, 3.8) is 0 Å². The highest BCUT2D eigenvalue weighted by Crippen LogP contribution is 2.37. The fraction of sp³-hybridized carbons (Fsp3) is 0.154. The van der Waals surface area contributed by atoms with E-state index >= 15 is 0 Å². The predicted octanol–water partition coefficient (Wildman–Crippen LogP) is 8.99. The molecule has 0 aliphatic rings. The van der Waals surface area contributed by atoms with Crippen molar-refractivity contribution in [1.82, 2.24) is 9.97 Å². The van der Waals surface area contributed by atoms with Gasteiger partial charge in [-0.15, -0.1) is 11.8 Å². The molecule has 212 valence electrons. The zero-order valence-corrected chi connectivity index (χ0v) is 24.9. The molecule has 0 saturated carbocycles. The van der Waals surface area contributed by atoms with Crippen molar-refractivity contribution in [2.75, 3.05) is 0 Å². The van der Waals surface area contributed by atoms with E-state index in [-0.39, 0.29) is 15.1 Å². The van der Waals surface area contributed by atoms with E-state index in [1.807, 2.05) is 12.1 Å². The first-order valence-corrected chi connectivity index (χ1v) is 15.3. The summed E-state index contributed by atoms with van der Waals surface area (Å²) in [6.45, 7) is 0. The summed E-state index contributed by atoms with van der Waals surface area (Å²) in [5.41, 5.74) is 0.0356. The Morgan fingerprint density at radius 1 is 0.675 bits per heavy atom. The Kier molecular flexibility index (Phi) is 10.8. The Hall–Kier alpha value is -2.42. The van der Waals surface area contributed by atoms with Gasteiger partial charge in [-0.2, -0.15) is 26.3 Å². The quantitative estimate of drug-likeness (QED) is 0.147. The van der Waals surface area contributed by atoms with Gasteiger partial charge in [-0.3, -0.25) is 9.97 Å². The molecule has 0 bridgehead atoms. The SMILES string of the molecule is FC(F)(F)c1ccc(SCc2ccncc2)c(Br)c1.O=S(=O)(Cc1ccncc1)c1ccc(C(F)(F)F)cc1Br. The summed E-state index contributed by atoms with van der Waals surface area (Å²) >= 11 is 7.55. The van der Waals surface area contributed by atoms with Gasteiger partial charge in [0.25, 0.3) is 0 Å². The summed E-state index contributed by atoms with van der Waals surface area (Å²) in [6, 6.07) is 13.0. The standard InChI is InChI=1S/C13H9BrF3NO2S.C13H9BrF3NS/c14-11-7-10(13(15,16)17)1-2-12(11)21(19,20)8-9-3-5-18-6-4-9;14-11-7-10(13(15,16)17)1-2-12(11)19-8-9-3-5-18-6-4-9/h1-7H,8H2;1-7H,8H2. The molecule has 0 aliphatic carbocycles. The smallest absolute Gasteiger partial charge is 0.265 e. The highest BCUT2D eigenvalue weighted by Gasteiger charge is 2.32. The number of thioether (sulfide) groups is 1. The first-order valence-electron chi connectivity index (χ1n) is 11.0. The van der Waals surface area contributed by atoms with Gasteiger partial charge in [0, 0.05) is 44.4 Å². The van der Waals surface area contributed by atoms with Crippen molar-refractivity contribution in [3.8, 4) is 0 Å². The third kappa shape index (κ3) is 9.32. The molecule has 4 aromatic rings. The molecule has 0 fully saturated rings. The Labute approximate surface area is 247 Å². The average molecular weight is 728 g/mol. The molecule has 0 amide bonds. The van der Waals surface area contributed by atoms with E-state index < -0.39 is 33.3 Å². The fourth-order valence-corrected chi connectivity index (χ4v) is 7.27. The van der Waals surface area contributed by atoms with Gasteiger partial charge in [-0.25, -0.2) is 8.42 Å². The Morgan fingerprint density at radius 3 is 1.62 bits per heavy atom. The molecular weight excluding hydrogens is 710 g/mol. The number of hydrogen-bond donors (Lipinski definition) is 0. The molecule has 0 unspecified atom stereocenters. The lowest BCUT2D eigenvalue weighted by atomic mass is 10.2. The number of sulfone groups is 1. The molecule has 0 saturated heterocycles. The van der Waals surface area contributed by atoms with Gasteiger partial charge in [-0.1, -0.05) is 0 Å². The molecule has 0 atom stereocenters. The molecule has 0 spiro atoms. The lowest BCUT2D eigenvalue weighted by Crippen LogP contribution is -2.09. The highest BCUT2D eigenvalue weighted by molar-refractivity contribution is 9.10. The molecule has 0 aliphatic heterocycles. The van der Waals surface area contributed by atoms with Crippen molar-refractivity contribution < 1.29 is 34.8 Å². The van der Waals surface area contributed by atoms with E-state index in [2.05, 4.69) is 41.8 Å². The number of nitrogens with zero attached hydrogens (tertiary/aromatic N) is 2. The fourth-order valence-electron chi connectivity index (χ4n) is 3.14. The lowest BCUT2D eigenvalue weighted by molar-refractivity contribution is -0.138. The van der Waals surface area contributed by atoms with Crippen molar-refractivity contribution >= 4 is 53.5 Å². The minimum atomic E-state index is -4.52. The zero-order valence-electron chi connectivity index (χ0n) is 20.0. The number of alkyl halides is 6. The highest BCUT2D eigenvalue weighted by atomic mass is 79.9. The molecule has 0 radical (unpaired) electrons. The van der Waals surface area contributed by atoms with Gasteiger partial charge in [-0.05, 0) is 104 Å².